The van der Waals surface area contributed by atoms with Gasteiger partial charge in [0.2, 0.25) is 0 Å². The number of nitrogens with zero attached hydrogens (tertiary/aromatic N) is 2. The molecule has 0 amide bonds. The van der Waals surface area contributed by atoms with Crippen LogP contribution >= 0.6 is 27.3 Å². The van der Waals surface area contributed by atoms with Gasteiger partial charge in [0.15, 0.2) is 0 Å². The summed E-state index contributed by atoms with van der Waals surface area (Å²) in [4.78, 5) is 22.5. The molecule has 0 spiro atoms. The summed E-state index contributed by atoms with van der Waals surface area (Å²) in [5, 5.41) is 13.7. The summed E-state index contributed by atoms with van der Waals surface area (Å²) in [6, 6.07) is 13.4. The normalized spacial score (nSPS) is 11.0. The van der Waals surface area contributed by atoms with Crippen LogP contribution in [0.2, 0.25) is 0 Å². The minimum atomic E-state index is -1.01. The highest BCUT2D eigenvalue weighted by Crippen LogP contribution is 2.41. The number of hydrogen-bond donors (Lipinski definition) is 2. The summed E-state index contributed by atoms with van der Waals surface area (Å²) in [7, 11) is 0. The number of anilines is 2. The average molecular weight is 454 g/mol. The van der Waals surface area contributed by atoms with Gasteiger partial charge >= 0.3 is 5.97 Å². The van der Waals surface area contributed by atoms with Gasteiger partial charge < -0.3 is 10.4 Å². The van der Waals surface area contributed by atoms with E-state index in [2.05, 4.69) is 69.3 Å². The average Bonchev–Trinajstić information content (AvgIpc) is 3.00. The largest absolute Gasteiger partial charge is 0.478 e. The minimum absolute atomic E-state index is 0.171. The van der Waals surface area contributed by atoms with Crippen molar-refractivity contribution in [3.8, 4) is 11.1 Å². The van der Waals surface area contributed by atoms with Crippen molar-refractivity contribution in [1.82, 2.24) is 9.97 Å². The van der Waals surface area contributed by atoms with Crippen molar-refractivity contribution in [2.24, 2.45) is 0 Å². The maximum absolute atomic E-state index is 11.7. The molecule has 2 aromatic carbocycles. The Morgan fingerprint density at radius 2 is 1.86 bits per heavy atom. The fourth-order valence-electron chi connectivity index (χ4n) is 3.14. The number of halogens is 1. The van der Waals surface area contributed by atoms with E-state index in [0.29, 0.717) is 16.0 Å². The Morgan fingerprint density at radius 1 is 1.11 bits per heavy atom. The van der Waals surface area contributed by atoms with Crippen molar-refractivity contribution in [3.05, 3.63) is 69.3 Å². The van der Waals surface area contributed by atoms with Crippen molar-refractivity contribution < 1.29 is 9.90 Å². The number of thiophene rings is 1. The predicted molar refractivity (Wildman–Crippen MR) is 117 cm³/mol. The van der Waals surface area contributed by atoms with Crippen LogP contribution in [0.1, 0.15) is 20.8 Å². The first-order chi connectivity index (χ1) is 13.4. The lowest BCUT2D eigenvalue weighted by Gasteiger charge is -2.12. The molecular formula is C21H16BrN3O2S. The van der Waals surface area contributed by atoms with Crippen LogP contribution in [0, 0.1) is 13.8 Å². The molecule has 0 bridgehead atoms. The molecule has 0 saturated heterocycles. The zero-order valence-electron chi connectivity index (χ0n) is 15.2. The van der Waals surface area contributed by atoms with Crippen LogP contribution in [0.25, 0.3) is 21.3 Å². The first-order valence-electron chi connectivity index (χ1n) is 8.55. The van der Waals surface area contributed by atoms with Crippen LogP contribution in [-0.4, -0.2) is 21.0 Å². The Kier molecular flexibility index (Phi) is 4.87. The van der Waals surface area contributed by atoms with E-state index in [-0.39, 0.29) is 5.56 Å². The molecule has 0 unspecified atom stereocenters. The lowest BCUT2D eigenvalue weighted by atomic mass is 10.0. The number of aromatic carboxylic acids is 1. The molecule has 0 aliphatic rings. The van der Waals surface area contributed by atoms with E-state index in [1.54, 1.807) is 29.5 Å². The second kappa shape index (κ2) is 7.33. The van der Waals surface area contributed by atoms with Gasteiger partial charge in [0.1, 0.15) is 17.0 Å². The van der Waals surface area contributed by atoms with Crippen molar-refractivity contribution in [1.29, 1.82) is 0 Å². The number of fused-ring (bicyclic) bond motifs is 1. The number of aromatic nitrogens is 2. The number of hydrogen-bond acceptors (Lipinski definition) is 5. The first kappa shape index (κ1) is 18.6. The van der Waals surface area contributed by atoms with Crippen LogP contribution in [0.15, 0.2) is 53.3 Å². The minimum Gasteiger partial charge on any atom is -0.478 e. The Labute approximate surface area is 174 Å². The topological polar surface area (TPSA) is 75.1 Å². The number of rotatable bonds is 4. The van der Waals surface area contributed by atoms with Crippen molar-refractivity contribution in [3.63, 3.8) is 0 Å². The maximum Gasteiger partial charge on any atom is 0.337 e. The first-order valence-corrected chi connectivity index (χ1v) is 10.2. The van der Waals surface area contributed by atoms with Gasteiger partial charge in [0.25, 0.3) is 0 Å². The highest BCUT2D eigenvalue weighted by atomic mass is 79.9. The van der Waals surface area contributed by atoms with E-state index >= 15 is 0 Å². The van der Waals surface area contributed by atoms with Gasteiger partial charge in [-0.05, 0) is 37.6 Å². The third kappa shape index (κ3) is 3.39. The van der Waals surface area contributed by atoms with Crippen LogP contribution in [0.4, 0.5) is 11.5 Å². The van der Waals surface area contributed by atoms with Gasteiger partial charge in [-0.2, -0.15) is 0 Å². The van der Waals surface area contributed by atoms with Crippen LogP contribution in [0.3, 0.4) is 0 Å². The van der Waals surface area contributed by atoms with Gasteiger partial charge in [-0.1, -0.05) is 45.8 Å². The Bertz CT molecular complexity index is 1200. The van der Waals surface area contributed by atoms with Gasteiger partial charge in [0.05, 0.1) is 16.6 Å². The number of carbonyl (C=O) groups is 1. The summed E-state index contributed by atoms with van der Waals surface area (Å²) in [5.74, 6) is -0.413. The SMILES string of the molecule is Cc1ccc(-c2c(C)sc3ncnc(Nc4ccc(Br)cc4C(=O)O)c23)cc1. The Morgan fingerprint density at radius 3 is 2.57 bits per heavy atom. The molecule has 2 N–H and O–H groups in total. The smallest absolute Gasteiger partial charge is 0.337 e. The quantitative estimate of drug-likeness (QED) is 0.385. The molecule has 4 rings (SSSR count). The summed E-state index contributed by atoms with van der Waals surface area (Å²) in [6.07, 6.45) is 1.50. The van der Waals surface area contributed by atoms with E-state index < -0.39 is 5.97 Å². The van der Waals surface area contributed by atoms with E-state index in [0.717, 1.165) is 26.2 Å². The molecule has 2 heterocycles. The van der Waals surface area contributed by atoms with Gasteiger partial charge in [0, 0.05) is 14.9 Å². The molecule has 5 nitrogen and oxygen atoms in total. The third-order valence-electron chi connectivity index (χ3n) is 4.47. The number of carboxylic acids is 1. The zero-order chi connectivity index (χ0) is 19.8. The number of benzene rings is 2. The van der Waals surface area contributed by atoms with E-state index in [1.165, 1.54) is 11.9 Å². The molecule has 0 radical (unpaired) electrons. The summed E-state index contributed by atoms with van der Waals surface area (Å²) in [6.45, 7) is 4.12. The Hall–Kier alpha value is -2.77. The van der Waals surface area contributed by atoms with Gasteiger partial charge in [-0.3, -0.25) is 0 Å². The van der Waals surface area contributed by atoms with Crippen molar-refractivity contribution in [2.75, 3.05) is 5.32 Å². The summed E-state index contributed by atoms with van der Waals surface area (Å²) < 4.78 is 0.704. The summed E-state index contributed by atoms with van der Waals surface area (Å²) >= 11 is 4.93. The van der Waals surface area contributed by atoms with E-state index in [9.17, 15) is 9.90 Å². The molecule has 140 valence electrons. The molecule has 28 heavy (non-hydrogen) atoms. The molecule has 2 aromatic heterocycles. The Balaban J connectivity index is 1.90. The number of carboxylic acid groups (broad SMARTS) is 1. The van der Waals surface area contributed by atoms with Crippen LogP contribution in [0.5, 0.6) is 0 Å². The molecule has 0 aliphatic heterocycles. The fourth-order valence-corrected chi connectivity index (χ4v) is 4.51. The monoisotopic (exact) mass is 453 g/mol. The van der Waals surface area contributed by atoms with Crippen LogP contribution in [-0.2, 0) is 0 Å². The molecular weight excluding hydrogens is 438 g/mol. The van der Waals surface area contributed by atoms with E-state index in [1.807, 2.05) is 0 Å². The van der Waals surface area contributed by atoms with Crippen molar-refractivity contribution >= 4 is 55.0 Å². The zero-order valence-corrected chi connectivity index (χ0v) is 17.6. The van der Waals surface area contributed by atoms with Crippen molar-refractivity contribution in [2.45, 2.75) is 13.8 Å². The number of nitrogens with one attached hydrogen (secondary N) is 1. The van der Waals surface area contributed by atoms with Crippen LogP contribution < -0.4 is 5.32 Å². The maximum atomic E-state index is 11.7. The lowest BCUT2D eigenvalue weighted by Crippen LogP contribution is -2.04. The molecule has 0 atom stereocenters. The second-order valence-electron chi connectivity index (χ2n) is 6.42. The van der Waals surface area contributed by atoms with E-state index in [4.69, 9.17) is 0 Å². The molecule has 0 saturated carbocycles. The standard InChI is InChI=1S/C21H16BrN3O2S/c1-11-3-5-13(6-4-11)17-12(2)28-20-18(17)19(23-10-24-20)25-16-8-7-14(22)9-15(16)21(26)27/h3-10H,1-2H3,(H,26,27)(H,23,24,25). The van der Waals surface area contributed by atoms with Gasteiger partial charge in [-0.15, -0.1) is 11.3 Å². The lowest BCUT2D eigenvalue weighted by molar-refractivity contribution is 0.0698. The third-order valence-corrected chi connectivity index (χ3v) is 5.98. The predicted octanol–water partition coefficient (Wildman–Crippen LogP) is 6.18. The molecule has 7 heteroatoms. The molecule has 0 aliphatic carbocycles. The highest BCUT2D eigenvalue weighted by Gasteiger charge is 2.18. The summed E-state index contributed by atoms with van der Waals surface area (Å²) in [5.41, 5.74) is 3.99. The molecule has 4 aromatic rings. The fraction of sp³-hybridized carbons (Fsp3) is 0.0952. The molecule has 0 fully saturated rings. The van der Waals surface area contributed by atoms with Gasteiger partial charge in [-0.25, -0.2) is 14.8 Å². The number of aryl methyl sites for hydroxylation is 2. The highest BCUT2D eigenvalue weighted by molar-refractivity contribution is 9.10. The second-order valence-corrected chi connectivity index (χ2v) is 8.54.